The van der Waals surface area contributed by atoms with E-state index in [4.69, 9.17) is 5.73 Å². The van der Waals surface area contributed by atoms with Crippen LogP contribution in [-0.4, -0.2) is 29.0 Å². The number of hydrogen-bond donors (Lipinski definition) is 2. The van der Waals surface area contributed by atoms with Gasteiger partial charge in [0, 0.05) is 29.1 Å². The van der Waals surface area contributed by atoms with E-state index in [1.54, 1.807) is 0 Å². The van der Waals surface area contributed by atoms with Crippen molar-refractivity contribution in [2.75, 3.05) is 29.0 Å². The molecule has 0 saturated carbocycles. The number of nitrogens with one attached hydrogen (secondary N) is 1. The zero-order valence-electron chi connectivity index (χ0n) is 13.5. The highest BCUT2D eigenvalue weighted by molar-refractivity contribution is 14.1. The van der Waals surface area contributed by atoms with Gasteiger partial charge in [-0.1, -0.05) is 54.7 Å². The number of nitrogens with two attached hydrogens (primary N) is 1. The van der Waals surface area contributed by atoms with Crippen LogP contribution in [0.15, 0.2) is 60.3 Å². The molecule has 0 spiro atoms. The zero-order chi connectivity index (χ0) is 17.6. The Balaban J connectivity index is 1.90. The Morgan fingerprint density at radius 1 is 1.16 bits per heavy atom. The molecule has 1 aliphatic heterocycles. The van der Waals surface area contributed by atoms with E-state index in [2.05, 4.69) is 27.4 Å². The zero-order valence-corrected chi connectivity index (χ0v) is 15.7. The molecule has 1 aliphatic carbocycles. The molecule has 0 atom stereocenters. The summed E-state index contributed by atoms with van der Waals surface area (Å²) in [6.45, 7) is 0.779. The van der Waals surface area contributed by atoms with E-state index in [0.717, 1.165) is 12.0 Å². The minimum Gasteiger partial charge on any atom is -0.382 e. The number of nitrogens with zero attached hydrogens (tertiary/aromatic N) is 3. The maximum absolute atomic E-state index is 12.0. The van der Waals surface area contributed by atoms with Gasteiger partial charge in [-0.3, -0.25) is 4.79 Å². The first-order valence-corrected chi connectivity index (χ1v) is 8.95. The van der Waals surface area contributed by atoms with Crippen molar-refractivity contribution >= 4 is 45.8 Å². The highest BCUT2D eigenvalue weighted by Gasteiger charge is 2.26. The standard InChI is InChI=1S/C18H18IN5O/c19-18-22-16(20)15-17(23-18)24(12-14(25)21-15)11-13-9-7-5-3-1-2-4-6-8-10-13/h1-3,5-10H,4,11-12H2,(H,21,25)(H2,20,22,23)/b2-1-,5-3-,8-6-,9-7+,13-10+. The van der Waals surface area contributed by atoms with E-state index in [1.807, 2.05) is 70.0 Å². The van der Waals surface area contributed by atoms with Crippen molar-refractivity contribution in [3.8, 4) is 0 Å². The topological polar surface area (TPSA) is 84.1 Å². The number of carbonyl (C=O) groups is 1. The molecule has 3 rings (SSSR count). The molecule has 2 aliphatic rings. The van der Waals surface area contributed by atoms with Gasteiger partial charge < -0.3 is 16.0 Å². The largest absolute Gasteiger partial charge is 0.382 e. The Labute approximate surface area is 160 Å². The van der Waals surface area contributed by atoms with E-state index >= 15 is 0 Å². The third kappa shape index (κ3) is 4.56. The molecule has 2 heterocycles. The van der Waals surface area contributed by atoms with Crippen molar-refractivity contribution < 1.29 is 4.79 Å². The molecule has 1 aromatic rings. The lowest BCUT2D eigenvalue weighted by atomic mass is 10.1. The average molecular weight is 447 g/mol. The summed E-state index contributed by atoms with van der Waals surface area (Å²) in [7, 11) is 0. The number of nitrogen functional groups attached to an aromatic ring is 1. The predicted octanol–water partition coefficient (Wildman–Crippen LogP) is 2.98. The fourth-order valence-corrected chi connectivity index (χ4v) is 3.03. The number of halogens is 1. The normalized spacial score (nSPS) is 24.1. The molecule has 1 aromatic heterocycles. The van der Waals surface area contributed by atoms with Gasteiger partial charge in [-0.15, -0.1) is 0 Å². The molecular formula is C18H18IN5O. The maximum atomic E-state index is 12.0. The molecule has 0 unspecified atom stereocenters. The van der Waals surface area contributed by atoms with Crippen LogP contribution in [0.5, 0.6) is 0 Å². The lowest BCUT2D eigenvalue weighted by Crippen LogP contribution is -2.40. The van der Waals surface area contributed by atoms with E-state index in [1.165, 1.54) is 0 Å². The second-order valence-corrected chi connectivity index (χ2v) is 6.52. The highest BCUT2D eigenvalue weighted by atomic mass is 127. The predicted molar refractivity (Wildman–Crippen MR) is 109 cm³/mol. The van der Waals surface area contributed by atoms with Crippen LogP contribution in [0, 0.1) is 3.83 Å². The molecule has 0 aromatic carbocycles. The van der Waals surface area contributed by atoms with Crippen molar-refractivity contribution in [3.63, 3.8) is 0 Å². The molecule has 3 N–H and O–H groups in total. The van der Waals surface area contributed by atoms with Crippen molar-refractivity contribution in [3.05, 3.63) is 64.1 Å². The second-order valence-electron chi connectivity index (χ2n) is 5.56. The molecule has 0 saturated heterocycles. The van der Waals surface area contributed by atoms with E-state index in [9.17, 15) is 4.79 Å². The van der Waals surface area contributed by atoms with E-state index in [-0.39, 0.29) is 18.3 Å². The lowest BCUT2D eigenvalue weighted by Gasteiger charge is -2.30. The van der Waals surface area contributed by atoms with Crippen molar-refractivity contribution in [2.24, 2.45) is 0 Å². The van der Waals surface area contributed by atoms with Crippen LogP contribution >= 0.6 is 22.6 Å². The number of rotatable bonds is 2. The summed E-state index contributed by atoms with van der Waals surface area (Å²) < 4.78 is 0.552. The third-order valence-corrected chi connectivity index (χ3v) is 4.14. The Morgan fingerprint density at radius 2 is 1.96 bits per heavy atom. The van der Waals surface area contributed by atoms with Gasteiger partial charge in [0.15, 0.2) is 15.5 Å². The molecule has 0 radical (unpaired) electrons. The van der Waals surface area contributed by atoms with Gasteiger partial charge in [-0.2, -0.15) is 0 Å². The van der Waals surface area contributed by atoms with Gasteiger partial charge in [0.2, 0.25) is 5.91 Å². The third-order valence-electron chi connectivity index (χ3n) is 3.66. The summed E-state index contributed by atoms with van der Waals surface area (Å²) in [5.74, 6) is 0.819. The minimum absolute atomic E-state index is 0.120. The van der Waals surface area contributed by atoms with E-state index in [0.29, 0.717) is 21.9 Å². The van der Waals surface area contributed by atoms with Gasteiger partial charge in [0.25, 0.3) is 0 Å². The Kier molecular flexibility index (Phi) is 5.64. The van der Waals surface area contributed by atoms with Crippen molar-refractivity contribution in [1.29, 1.82) is 0 Å². The Hall–Kier alpha value is -2.42. The fourth-order valence-electron chi connectivity index (χ4n) is 2.54. The number of aromatic nitrogens is 2. The summed E-state index contributed by atoms with van der Waals surface area (Å²) in [5, 5.41) is 2.77. The van der Waals surface area contributed by atoms with Gasteiger partial charge in [-0.25, -0.2) is 9.97 Å². The molecule has 0 bridgehead atoms. The smallest absolute Gasteiger partial charge is 0.244 e. The summed E-state index contributed by atoms with van der Waals surface area (Å²) in [5.41, 5.74) is 7.50. The molecule has 7 heteroatoms. The molecular weight excluding hydrogens is 429 g/mol. The minimum atomic E-state index is -0.120. The highest BCUT2D eigenvalue weighted by Crippen LogP contribution is 2.32. The Bertz CT molecular complexity index is 823. The van der Waals surface area contributed by atoms with Crippen LogP contribution in [0.4, 0.5) is 17.3 Å². The molecule has 128 valence electrons. The van der Waals surface area contributed by atoms with Gasteiger partial charge in [0.1, 0.15) is 5.69 Å². The number of anilines is 3. The molecule has 0 fully saturated rings. The summed E-state index contributed by atoms with van der Waals surface area (Å²) in [6, 6.07) is 0. The average Bonchev–Trinajstić information content (AvgIpc) is 2.62. The van der Waals surface area contributed by atoms with E-state index < -0.39 is 0 Å². The summed E-state index contributed by atoms with van der Waals surface area (Å²) in [4.78, 5) is 22.5. The van der Waals surface area contributed by atoms with Crippen LogP contribution in [0.1, 0.15) is 6.42 Å². The number of amides is 1. The van der Waals surface area contributed by atoms with Crippen LogP contribution in [0.25, 0.3) is 0 Å². The lowest BCUT2D eigenvalue weighted by molar-refractivity contribution is -0.115. The Morgan fingerprint density at radius 3 is 2.84 bits per heavy atom. The van der Waals surface area contributed by atoms with Crippen LogP contribution < -0.4 is 16.0 Å². The van der Waals surface area contributed by atoms with Crippen LogP contribution in [-0.2, 0) is 4.79 Å². The fraction of sp³-hybridized carbons (Fsp3) is 0.167. The second kappa shape index (κ2) is 8.11. The first-order chi connectivity index (χ1) is 12.1. The van der Waals surface area contributed by atoms with Gasteiger partial charge in [-0.05, 0) is 12.0 Å². The van der Waals surface area contributed by atoms with Gasteiger partial charge in [0.05, 0.1) is 6.54 Å². The van der Waals surface area contributed by atoms with Crippen LogP contribution in [0.3, 0.4) is 0 Å². The first kappa shape index (κ1) is 17.4. The first-order valence-electron chi connectivity index (χ1n) is 7.87. The van der Waals surface area contributed by atoms with Crippen LogP contribution in [0.2, 0.25) is 0 Å². The monoisotopic (exact) mass is 447 g/mol. The molecule has 1 amide bonds. The van der Waals surface area contributed by atoms with Crippen molar-refractivity contribution in [2.45, 2.75) is 6.42 Å². The number of carbonyl (C=O) groups excluding carboxylic acids is 1. The molecule has 6 nitrogen and oxygen atoms in total. The van der Waals surface area contributed by atoms with Gasteiger partial charge >= 0.3 is 0 Å². The summed E-state index contributed by atoms with van der Waals surface area (Å²) in [6.07, 6.45) is 19.1. The SMILES string of the molecule is Nc1nc(I)nc2c1NC(=O)CN2CC1=C/C=C\C\C=C/C=C\C=C\1. The number of hydrogen-bond acceptors (Lipinski definition) is 5. The number of fused-ring (bicyclic) bond motifs is 1. The quantitative estimate of drug-likeness (QED) is 0.538. The maximum Gasteiger partial charge on any atom is 0.244 e. The molecule has 25 heavy (non-hydrogen) atoms. The number of allylic oxidation sites excluding steroid dienone is 8. The van der Waals surface area contributed by atoms with Crippen molar-refractivity contribution in [1.82, 2.24) is 9.97 Å². The summed E-state index contributed by atoms with van der Waals surface area (Å²) >= 11 is 2.03.